The summed E-state index contributed by atoms with van der Waals surface area (Å²) in [5, 5.41) is 0. The van der Waals surface area contributed by atoms with Gasteiger partial charge in [0.15, 0.2) is 0 Å². The van der Waals surface area contributed by atoms with Crippen LogP contribution >= 0.6 is 0 Å². The Kier molecular flexibility index (Phi) is 10.8. The van der Waals surface area contributed by atoms with Crippen LogP contribution in [0.1, 0.15) is 48.0 Å². The topological polar surface area (TPSA) is 0 Å². The maximum atomic E-state index is 4.28. The fourth-order valence-corrected chi connectivity index (χ4v) is 2.08. The second-order valence-corrected chi connectivity index (χ2v) is 6.10. The molecule has 0 saturated heterocycles. The van der Waals surface area contributed by atoms with Gasteiger partial charge in [-0.25, -0.2) is 0 Å². The van der Waals surface area contributed by atoms with Gasteiger partial charge in [-0.15, -0.1) is 0 Å². The summed E-state index contributed by atoms with van der Waals surface area (Å²) in [4.78, 5) is 0. The maximum absolute atomic E-state index is 4.28. The number of hydrogen-bond donors (Lipinski definition) is 0. The molecule has 0 bridgehead atoms. The summed E-state index contributed by atoms with van der Waals surface area (Å²) in [5.41, 5.74) is 4.50. The molecule has 0 aromatic rings. The summed E-state index contributed by atoms with van der Waals surface area (Å²) >= 11 is 0. The predicted molar refractivity (Wildman–Crippen MR) is 108 cm³/mol. The van der Waals surface area contributed by atoms with E-state index >= 15 is 0 Å². The van der Waals surface area contributed by atoms with Gasteiger partial charge in [-0.2, -0.15) is 0 Å². The summed E-state index contributed by atoms with van der Waals surface area (Å²) in [6.45, 7) is 21.1. The van der Waals surface area contributed by atoms with Crippen LogP contribution in [0.2, 0.25) is 0 Å². The van der Waals surface area contributed by atoms with E-state index in [1.54, 1.807) is 0 Å². The smallest absolute Gasteiger partial charge is 0.0185 e. The molecule has 0 aliphatic carbocycles. The summed E-state index contributed by atoms with van der Waals surface area (Å²) in [7, 11) is 0. The molecule has 0 nitrogen and oxygen atoms in total. The molecule has 0 saturated carbocycles. The molecule has 23 heavy (non-hydrogen) atoms. The van der Waals surface area contributed by atoms with Crippen molar-refractivity contribution in [2.24, 2.45) is 11.8 Å². The van der Waals surface area contributed by atoms with E-state index in [2.05, 4.69) is 77.3 Å². The largest absolute Gasteiger partial charge is 0.0985 e. The highest BCUT2D eigenvalue weighted by Gasteiger charge is 2.04. The van der Waals surface area contributed by atoms with Gasteiger partial charge in [0.05, 0.1) is 0 Å². The second-order valence-electron chi connectivity index (χ2n) is 6.10. The van der Waals surface area contributed by atoms with Crippen LogP contribution in [0.25, 0.3) is 0 Å². The third-order valence-corrected chi connectivity index (χ3v) is 3.97. The van der Waals surface area contributed by atoms with Crippen molar-refractivity contribution < 1.29 is 0 Å². The Morgan fingerprint density at radius 2 is 1.65 bits per heavy atom. The summed E-state index contributed by atoms with van der Waals surface area (Å²) in [6, 6.07) is 0. The lowest BCUT2D eigenvalue weighted by Crippen LogP contribution is -1.99. The number of allylic oxidation sites excluding steroid dienone is 12. The van der Waals surface area contributed by atoms with E-state index in [9.17, 15) is 0 Å². The Morgan fingerprint density at radius 1 is 1.00 bits per heavy atom. The van der Waals surface area contributed by atoms with Crippen LogP contribution in [-0.4, -0.2) is 0 Å². The Labute approximate surface area is 144 Å². The zero-order valence-electron chi connectivity index (χ0n) is 15.9. The molecule has 1 unspecified atom stereocenters. The Hall–Kier alpha value is -1.82. The lowest BCUT2D eigenvalue weighted by Gasteiger charge is -2.11. The van der Waals surface area contributed by atoms with Crippen LogP contribution in [0.15, 0.2) is 84.1 Å². The second kappa shape index (κ2) is 11.7. The van der Waals surface area contributed by atoms with Crippen molar-refractivity contribution >= 4 is 0 Å². The summed E-state index contributed by atoms with van der Waals surface area (Å²) in [5.74, 6) is 1.20. The first-order chi connectivity index (χ1) is 10.9. The molecule has 0 rings (SSSR count). The minimum absolute atomic E-state index is 0.557. The fourth-order valence-electron chi connectivity index (χ4n) is 2.08. The van der Waals surface area contributed by atoms with Crippen molar-refractivity contribution in [1.82, 2.24) is 0 Å². The van der Waals surface area contributed by atoms with Crippen molar-refractivity contribution in [2.45, 2.75) is 48.0 Å². The van der Waals surface area contributed by atoms with Gasteiger partial charge in [-0.3, -0.25) is 0 Å². The van der Waals surface area contributed by atoms with Crippen LogP contribution < -0.4 is 0 Å². The Morgan fingerprint density at radius 3 is 2.09 bits per heavy atom. The van der Waals surface area contributed by atoms with E-state index in [1.165, 1.54) is 5.57 Å². The highest BCUT2D eigenvalue weighted by molar-refractivity contribution is 5.54. The quantitative estimate of drug-likeness (QED) is 0.390. The van der Waals surface area contributed by atoms with Crippen LogP contribution in [0.4, 0.5) is 0 Å². The minimum atomic E-state index is 0.557. The fraction of sp³-hybridized carbons (Fsp3) is 0.391. The Balaban J connectivity index is 5.58. The number of rotatable bonds is 9. The van der Waals surface area contributed by atoms with E-state index in [-0.39, 0.29) is 0 Å². The molecule has 0 aliphatic heterocycles. The lowest BCUT2D eigenvalue weighted by atomic mass is 9.94. The third-order valence-electron chi connectivity index (χ3n) is 3.97. The molecule has 0 aromatic heterocycles. The molecule has 0 fully saturated rings. The zero-order chi connectivity index (χ0) is 17.8. The molecule has 0 aliphatic rings. The molecule has 0 heterocycles. The van der Waals surface area contributed by atoms with Gasteiger partial charge < -0.3 is 0 Å². The summed E-state index contributed by atoms with van der Waals surface area (Å²) in [6.07, 6.45) is 18.0. The van der Waals surface area contributed by atoms with Crippen molar-refractivity contribution in [3.05, 3.63) is 84.1 Å². The van der Waals surface area contributed by atoms with Crippen LogP contribution in [-0.2, 0) is 0 Å². The first kappa shape index (κ1) is 21.2. The summed E-state index contributed by atoms with van der Waals surface area (Å²) < 4.78 is 0. The highest BCUT2D eigenvalue weighted by Crippen LogP contribution is 2.21. The zero-order valence-corrected chi connectivity index (χ0v) is 15.9. The molecule has 0 radical (unpaired) electrons. The maximum Gasteiger partial charge on any atom is -0.0185 e. The highest BCUT2D eigenvalue weighted by atomic mass is 14.1. The van der Waals surface area contributed by atoms with E-state index in [1.807, 2.05) is 26.0 Å². The minimum Gasteiger partial charge on any atom is -0.0985 e. The van der Waals surface area contributed by atoms with E-state index in [0.717, 1.165) is 23.1 Å². The van der Waals surface area contributed by atoms with Gasteiger partial charge in [-0.1, -0.05) is 83.4 Å². The first-order valence-electron chi connectivity index (χ1n) is 8.62. The van der Waals surface area contributed by atoms with Crippen molar-refractivity contribution in [1.29, 1.82) is 0 Å². The average Bonchev–Trinajstić information content (AvgIpc) is 2.52. The first-order valence-corrected chi connectivity index (χ1v) is 8.62. The van der Waals surface area contributed by atoms with Crippen LogP contribution in [0.5, 0.6) is 0 Å². The van der Waals surface area contributed by atoms with E-state index < -0.39 is 0 Å². The van der Waals surface area contributed by atoms with Gasteiger partial charge in [0, 0.05) is 0 Å². The molecule has 0 N–H and O–H groups in total. The van der Waals surface area contributed by atoms with Crippen molar-refractivity contribution in [3.63, 3.8) is 0 Å². The number of hydrogen-bond acceptors (Lipinski definition) is 0. The van der Waals surface area contributed by atoms with Gasteiger partial charge in [-0.05, 0) is 60.5 Å². The average molecular weight is 311 g/mol. The molecule has 0 spiro atoms. The monoisotopic (exact) mass is 310 g/mol. The lowest BCUT2D eigenvalue weighted by molar-refractivity contribution is 0.504. The van der Waals surface area contributed by atoms with E-state index in [4.69, 9.17) is 0 Å². The van der Waals surface area contributed by atoms with Gasteiger partial charge in [0.2, 0.25) is 0 Å². The SMILES string of the molecule is C=CC(=C/C)/C(/C=C\C)=C\C(=C)C(/C=C\C(C)C(C)C)=C/CC. The molecule has 0 heteroatoms. The standard InChI is InChI=1S/C23H34/c1-9-13-22(16-15-19(7)18(5)6)20(8)17-23(14-10-2)21(11-3)12-4/h10-19H,3,8-9H2,1-2,4-7H3/b14-10-,16-15-,21-12-,22-13+,23-17-. The molecular weight excluding hydrogens is 276 g/mol. The van der Waals surface area contributed by atoms with Crippen molar-refractivity contribution in [2.75, 3.05) is 0 Å². The van der Waals surface area contributed by atoms with Crippen molar-refractivity contribution in [3.8, 4) is 0 Å². The molecular formula is C23H34. The van der Waals surface area contributed by atoms with E-state index in [0.29, 0.717) is 11.8 Å². The molecule has 1 atom stereocenters. The van der Waals surface area contributed by atoms with Crippen LogP contribution in [0.3, 0.4) is 0 Å². The van der Waals surface area contributed by atoms with Gasteiger partial charge in [0.25, 0.3) is 0 Å². The Bertz CT molecular complexity index is 530. The molecule has 126 valence electrons. The molecule has 0 aromatic carbocycles. The van der Waals surface area contributed by atoms with Crippen LogP contribution in [0, 0.1) is 11.8 Å². The van der Waals surface area contributed by atoms with Gasteiger partial charge in [0.1, 0.15) is 0 Å². The third kappa shape index (κ3) is 7.83. The van der Waals surface area contributed by atoms with Gasteiger partial charge >= 0.3 is 0 Å². The molecule has 0 amide bonds. The normalized spacial score (nSPS) is 15.7. The predicted octanol–water partition coefficient (Wildman–Crippen LogP) is 7.36.